The Labute approximate surface area is 143 Å². The second kappa shape index (κ2) is 6.48. The normalized spacial score (nSPS) is 31.2. The third-order valence-electron chi connectivity index (χ3n) is 6.23. The number of aromatic nitrogens is 2. The third-order valence-corrected chi connectivity index (χ3v) is 6.23. The van der Waals surface area contributed by atoms with Crippen molar-refractivity contribution in [3.05, 3.63) is 18.0 Å². The SMILES string of the molecule is Cn1nccc1CN1CC[C@]2(CCC[C@@H]2C(=O)N2CCCCO2)C1. The molecule has 1 spiro atoms. The lowest BCUT2D eigenvalue weighted by molar-refractivity contribution is -0.204. The Bertz CT molecular complexity index is 596. The molecule has 6 nitrogen and oxygen atoms in total. The minimum absolute atomic E-state index is 0.145. The van der Waals surface area contributed by atoms with Gasteiger partial charge in [0.2, 0.25) is 5.91 Å². The van der Waals surface area contributed by atoms with Gasteiger partial charge in [-0.05, 0) is 50.1 Å². The first kappa shape index (κ1) is 16.1. The first-order valence-electron chi connectivity index (χ1n) is 9.31. The molecule has 24 heavy (non-hydrogen) atoms. The fraction of sp³-hybridized carbons (Fsp3) is 0.778. The fourth-order valence-corrected chi connectivity index (χ4v) is 4.86. The van der Waals surface area contributed by atoms with Crippen molar-refractivity contribution in [3.8, 4) is 0 Å². The maximum atomic E-state index is 13.0. The second-order valence-corrected chi connectivity index (χ2v) is 7.69. The van der Waals surface area contributed by atoms with Gasteiger partial charge in [0, 0.05) is 38.8 Å². The number of carbonyl (C=O) groups is 1. The summed E-state index contributed by atoms with van der Waals surface area (Å²) in [5.74, 6) is 0.390. The number of carbonyl (C=O) groups excluding carboxylic acids is 1. The van der Waals surface area contributed by atoms with Gasteiger partial charge in [0.05, 0.1) is 12.3 Å². The van der Waals surface area contributed by atoms with E-state index in [2.05, 4.69) is 16.1 Å². The van der Waals surface area contributed by atoms with E-state index in [4.69, 9.17) is 4.84 Å². The summed E-state index contributed by atoms with van der Waals surface area (Å²) in [4.78, 5) is 21.1. The van der Waals surface area contributed by atoms with Crippen molar-refractivity contribution >= 4 is 5.91 Å². The topological polar surface area (TPSA) is 50.6 Å². The number of hydroxylamine groups is 2. The molecule has 0 N–H and O–H groups in total. The van der Waals surface area contributed by atoms with E-state index in [-0.39, 0.29) is 17.2 Å². The molecule has 3 aliphatic rings. The van der Waals surface area contributed by atoms with Crippen LogP contribution in [0.3, 0.4) is 0 Å². The average molecular weight is 332 g/mol. The van der Waals surface area contributed by atoms with E-state index in [0.29, 0.717) is 6.61 Å². The Morgan fingerprint density at radius 2 is 2.25 bits per heavy atom. The van der Waals surface area contributed by atoms with E-state index < -0.39 is 0 Å². The molecule has 6 heteroatoms. The van der Waals surface area contributed by atoms with Gasteiger partial charge in [0.1, 0.15) is 0 Å². The largest absolute Gasteiger partial charge is 0.297 e. The number of nitrogens with zero attached hydrogens (tertiary/aromatic N) is 4. The fourth-order valence-electron chi connectivity index (χ4n) is 4.86. The zero-order chi connectivity index (χ0) is 16.6. The van der Waals surface area contributed by atoms with E-state index >= 15 is 0 Å². The van der Waals surface area contributed by atoms with Crippen LogP contribution in [-0.2, 0) is 23.2 Å². The summed E-state index contributed by atoms with van der Waals surface area (Å²) in [5, 5.41) is 5.94. The third kappa shape index (κ3) is 2.86. The second-order valence-electron chi connectivity index (χ2n) is 7.69. The minimum Gasteiger partial charge on any atom is -0.297 e. The van der Waals surface area contributed by atoms with Crippen LogP contribution in [0.15, 0.2) is 12.3 Å². The number of hydrogen-bond donors (Lipinski definition) is 0. The molecular formula is C18H28N4O2. The molecule has 3 fully saturated rings. The molecule has 1 aromatic heterocycles. The number of likely N-dealkylation sites (tertiary alicyclic amines) is 1. The van der Waals surface area contributed by atoms with Crippen molar-refractivity contribution in [2.45, 2.75) is 45.1 Å². The molecule has 1 aromatic rings. The maximum absolute atomic E-state index is 13.0. The van der Waals surface area contributed by atoms with Gasteiger partial charge in [-0.15, -0.1) is 0 Å². The maximum Gasteiger partial charge on any atom is 0.249 e. The monoisotopic (exact) mass is 332 g/mol. The van der Waals surface area contributed by atoms with Crippen LogP contribution >= 0.6 is 0 Å². The average Bonchev–Trinajstić information content (AvgIpc) is 3.31. The number of aryl methyl sites for hydroxylation is 1. The molecule has 2 saturated heterocycles. The van der Waals surface area contributed by atoms with Crippen LogP contribution in [0, 0.1) is 11.3 Å². The molecule has 0 aromatic carbocycles. The highest BCUT2D eigenvalue weighted by Gasteiger charge is 2.51. The van der Waals surface area contributed by atoms with Gasteiger partial charge in [-0.25, -0.2) is 5.06 Å². The molecule has 1 aliphatic carbocycles. The predicted molar refractivity (Wildman–Crippen MR) is 89.8 cm³/mol. The van der Waals surface area contributed by atoms with E-state index in [1.807, 2.05) is 17.9 Å². The highest BCUT2D eigenvalue weighted by Crippen LogP contribution is 2.50. The Morgan fingerprint density at radius 3 is 3.00 bits per heavy atom. The van der Waals surface area contributed by atoms with Crippen LogP contribution in [0.25, 0.3) is 0 Å². The molecule has 132 valence electrons. The summed E-state index contributed by atoms with van der Waals surface area (Å²) in [6.07, 6.45) is 8.50. The van der Waals surface area contributed by atoms with Gasteiger partial charge < -0.3 is 0 Å². The van der Waals surface area contributed by atoms with Crippen molar-refractivity contribution in [1.82, 2.24) is 19.7 Å². The highest BCUT2D eigenvalue weighted by atomic mass is 16.7. The molecule has 1 amide bonds. The van der Waals surface area contributed by atoms with Crippen molar-refractivity contribution in [1.29, 1.82) is 0 Å². The molecule has 0 radical (unpaired) electrons. The first-order valence-corrected chi connectivity index (χ1v) is 9.31. The van der Waals surface area contributed by atoms with Crippen LogP contribution < -0.4 is 0 Å². The summed E-state index contributed by atoms with van der Waals surface area (Å²) in [7, 11) is 2.00. The zero-order valence-corrected chi connectivity index (χ0v) is 14.6. The Kier molecular flexibility index (Phi) is 4.35. The molecular weight excluding hydrogens is 304 g/mol. The number of hydrogen-bond acceptors (Lipinski definition) is 4. The number of amides is 1. The standard InChI is InChI=1S/C18H28N4O2/c1-20-15(6-9-19-20)13-21-11-8-18(14-21)7-4-5-16(18)17(23)22-10-2-3-12-24-22/h6,9,16H,2-5,7-8,10-14H2,1H3/t16-,18-/m1/s1. The summed E-state index contributed by atoms with van der Waals surface area (Å²) in [6.45, 7) is 4.50. The molecule has 2 atom stereocenters. The van der Waals surface area contributed by atoms with Crippen molar-refractivity contribution in [2.24, 2.45) is 18.4 Å². The summed E-state index contributed by atoms with van der Waals surface area (Å²) >= 11 is 0. The van der Waals surface area contributed by atoms with E-state index in [1.165, 1.54) is 18.5 Å². The van der Waals surface area contributed by atoms with Crippen molar-refractivity contribution < 1.29 is 9.63 Å². The van der Waals surface area contributed by atoms with E-state index in [0.717, 1.165) is 51.9 Å². The Morgan fingerprint density at radius 1 is 1.33 bits per heavy atom. The van der Waals surface area contributed by atoms with Gasteiger partial charge in [-0.3, -0.25) is 19.2 Å². The van der Waals surface area contributed by atoms with Crippen molar-refractivity contribution in [2.75, 3.05) is 26.2 Å². The van der Waals surface area contributed by atoms with E-state index in [1.54, 1.807) is 5.06 Å². The molecule has 0 unspecified atom stereocenters. The summed E-state index contributed by atoms with van der Waals surface area (Å²) < 4.78 is 1.95. The Hall–Kier alpha value is -1.40. The minimum atomic E-state index is 0.145. The van der Waals surface area contributed by atoms with Gasteiger partial charge in [0.25, 0.3) is 0 Å². The van der Waals surface area contributed by atoms with Crippen LogP contribution in [0.1, 0.15) is 44.2 Å². The van der Waals surface area contributed by atoms with Gasteiger partial charge in [-0.1, -0.05) is 6.42 Å². The van der Waals surface area contributed by atoms with Gasteiger partial charge in [0.15, 0.2) is 0 Å². The summed E-state index contributed by atoms with van der Waals surface area (Å²) in [5.41, 5.74) is 1.41. The smallest absolute Gasteiger partial charge is 0.249 e. The summed E-state index contributed by atoms with van der Waals surface area (Å²) in [6, 6.07) is 2.09. The molecule has 2 aliphatic heterocycles. The highest BCUT2D eigenvalue weighted by molar-refractivity contribution is 5.79. The first-order chi connectivity index (χ1) is 11.7. The van der Waals surface area contributed by atoms with Gasteiger partial charge in [-0.2, -0.15) is 5.10 Å². The lowest BCUT2D eigenvalue weighted by atomic mass is 9.76. The van der Waals surface area contributed by atoms with Gasteiger partial charge >= 0.3 is 0 Å². The lowest BCUT2D eigenvalue weighted by Gasteiger charge is -2.35. The Balaban J connectivity index is 1.44. The van der Waals surface area contributed by atoms with Crippen LogP contribution in [0.4, 0.5) is 0 Å². The number of rotatable bonds is 3. The van der Waals surface area contributed by atoms with Crippen LogP contribution in [-0.4, -0.2) is 51.9 Å². The molecule has 1 saturated carbocycles. The van der Waals surface area contributed by atoms with Crippen LogP contribution in [0.2, 0.25) is 0 Å². The van der Waals surface area contributed by atoms with E-state index in [9.17, 15) is 4.79 Å². The van der Waals surface area contributed by atoms with Crippen LogP contribution in [0.5, 0.6) is 0 Å². The lowest BCUT2D eigenvalue weighted by Crippen LogP contribution is -2.45. The quantitative estimate of drug-likeness (QED) is 0.849. The predicted octanol–water partition coefficient (Wildman–Crippen LogP) is 1.97. The zero-order valence-electron chi connectivity index (χ0n) is 14.6. The molecule has 3 heterocycles. The van der Waals surface area contributed by atoms with Crippen molar-refractivity contribution in [3.63, 3.8) is 0 Å². The molecule has 4 rings (SSSR count). The molecule has 0 bridgehead atoms.